The lowest BCUT2D eigenvalue weighted by Crippen LogP contribution is -2.42. The molecule has 1 amide bonds. The quantitative estimate of drug-likeness (QED) is 0.432. The maximum atomic E-state index is 11.7. The molecule has 0 aromatic heterocycles. The van der Waals surface area contributed by atoms with Crippen molar-refractivity contribution in [3.8, 4) is 0 Å². The van der Waals surface area contributed by atoms with E-state index in [1.54, 1.807) is 12.1 Å². The smallest absolute Gasteiger partial charge is 0.326 e. The molecule has 3 N–H and O–H groups in total. The van der Waals surface area contributed by atoms with E-state index in [4.69, 9.17) is 9.84 Å². The summed E-state index contributed by atoms with van der Waals surface area (Å²) in [7, 11) is 1.44. The summed E-state index contributed by atoms with van der Waals surface area (Å²) in [5.74, 6) is -1.60. The van der Waals surface area contributed by atoms with Gasteiger partial charge in [-0.2, -0.15) is 0 Å². The molecule has 1 rings (SSSR count). The van der Waals surface area contributed by atoms with Gasteiger partial charge in [0.1, 0.15) is 11.7 Å². The third-order valence-corrected chi connectivity index (χ3v) is 3.01. The number of anilines is 1. The zero-order valence-electron chi connectivity index (χ0n) is 12.7. The highest BCUT2D eigenvalue weighted by Crippen LogP contribution is 2.22. The number of nitro benzene ring substituents is 1. The van der Waals surface area contributed by atoms with Gasteiger partial charge < -0.3 is 20.5 Å². The molecule has 0 saturated carbocycles. The van der Waals surface area contributed by atoms with Gasteiger partial charge in [0.15, 0.2) is 0 Å². The average molecular weight is 325 g/mol. The molecule has 0 radical (unpaired) electrons. The van der Waals surface area contributed by atoms with E-state index in [-0.39, 0.29) is 31.7 Å². The number of carbonyl (C=O) groups excluding carboxylic acids is 1. The normalized spacial score (nSPS) is 11.5. The summed E-state index contributed by atoms with van der Waals surface area (Å²) < 4.78 is 4.79. The van der Waals surface area contributed by atoms with E-state index in [0.29, 0.717) is 5.69 Å². The Hall–Kier alpha value is -2.68. The van der Waals surface area contributed by atoms with E-state index in [1.807, 2.05) is 0 Å². The van der Waals surface area contributed by atoms with Crippen LogP contribution in [0.2, 0.25) is 0 Å². The van der Waals surface area contributed by atoms with Crippen LogP contribution in [-0.4, -0.2) is 48.2 Å². The molecule has 23 heavy (non-hydrogen) atoms. The van der Waals surface area contributed by atoms with Gasteiger partial charge in [0.05, 0.1) is 4.92 Å². The fraction of sp³-hybridized carbons (Fsp3) is 0.429. The van der Waals surface area contributed by atoms with Crippen LogP contribution in [0.1, 0.15) is 12.8 Å². The minimum atomic E-state index is -1.14. The molecule has 9 nitrogen and oxygen atoms in total. The van der Waals surface area contributed by atoms with Gasteiger partial charge in [-0.05, 0) is 6.07 Å². The summed E-state index contributed by atoms with van der Waals surface area (Å²) in [5, 5.41) is 25.0. The van der Waals surface area contributed by atoms with Gasteiger partial charge in [-0.1, -0.05) is 12.1 Å². The van der Waals surface area contributed by atoms with E-state index in [0.717, 1.165) is 0 Å². The number of hydrogen-bond donors (Lipinski definition) is 3. The molecule has 0 bridgehead atoms. The second-order valence-corrected chi connectivity index (χ2v) is 4.69. The number of carbonyl (C=O) groups is 2. The molecular weight excluding hydrogens is 306 g/mol. The minimum absolute atomic E-state index is 0.0111. The van der Waals surface area contributed by atoms with Crippen LogP contribution in [0.25, 0.3) is 0 Å². The summed E-state index contributed by atoms with van der Waals surface area (Å²) in [4.78, 5) is 33.1. The van der Waals surface area contributed by atoms with Crippen LogP contribution in [0.5, 0.6) is 0 Å². The molecule has 0 saturated heterocycles. The third-order valence-electron chi connectivity index (χ3n) is 3.01. The Morgan fingerprint density at radius 3 is 2.70 bits per heavy atom. The van der Waals surface area contributed by atoms with Crippen LogP contribution in [0.4, 0.5) is 11.4 Å². The Labute approximate surface area is 132 Å². The average Bonchev–Trinajstić information content (AvgIpc) is 2.51. The first kappa shape index (κ1) is 18.4. The first-order chi connectivity index (χ1) is 11.0. The first-order valence-corrected chi connectivity index (χ1v) is 6.94. The molecule has 0 heterocycles. The molecule has 1 aromatic carbocycles. The van der Waals surface area contributed by atoms with Crippen molar-refractivity contribution in [3.63, 3.8) is 0 Å². The third kappa shape index (κ3) is 6.30. The van der Waals surface area contributed by atoms with Crippen molar-refractivity contribution in [3.05, 3.63) is 34.4 Å². The van der Waals surface area contributed by atoms with Crippen LogP contribution in [0.3, 0.4) is 0 Å². The van der Waals surface area contributed by atoms with Crippen molar-refractivity contribution < 1.29 is 24.4 Å². The molecule has 0 spiro atoms. The molecule has 126 valence electrons. The molecule has 1 unspecified atom stereocenters. The van der Waals surface area contributed by atoms with Crippen molar-refractivity contribution in [2.24, 2.45) is 0 Å². The van der Waals surface area contributed by atoms with E-state index >= 15 is 0 Å². The maximum absolute atomic E-state index is 11.7. The summed E-state index contributed by atoms with van der Waals surface area (Å²) >= 11 is 0. The highest BCUT2D eigenvalue weighted by Gasteiger charge is 2.19. The van der Waals surface area contributed by atoms with E-state index in [2.05, 4.69) is 10.6 Å². The number of methoxy groups -OCH3 is 1. The predicted octanol–water partition coefficient (Wildman–Crippen LogP) is 1.00. The number of rotatable bonds is 10. The maximum Gasteiger partial charge on any atom is 0.326 e. The lowest BCUT2D eigenvalue weighted by Gasteiger charge is -2.14. The predicted molar refractivity (Wildman–Crippen MR) is 82.3 cm³/mol. The van der Waals surface area contributed by atoms with Crippen LogP contribution in [-0.2, 0) is 14.3 Å². The van der Waals surface area contributed by atoms with Crippen molar-refractivity contribution in [1.82, 2.24) is 5.32 Å². The molecule has 0 fully saturated rings. The zero-order chi connectivity index (χ0) is 17.2. The van der Waals surface area contributed by atoms with Crippen molar-refractivity contribution >= 4 is 23.3 Å². The second kappa shape index (κ2) is 9.36. The summed E-state index contributed by atoms with van der Waals surface area (Å²) in [6, 6.07) is 5.06. The van der Waals surface area contributed by atoms with E-state index in [9.17, 15) is 19.7 Å². The number of hydrogen-bond acceptors (Lipinski definition) is 6. The molecule has 0 aliphatic rings. The Morgan fingerprint density at radius 2 is 2.09 bits per heavy atom. The van der Waals surface area contributed by atoms with Crippen LogP contribution < -0.4 is 10.6 Å². The number of ether oxygens (including phenoxy) is 1. The Balaban J connectivity index is 2.47. The van der Waals surface area contributed by atoms with Crippen LogP contribution in [0.15, 0.2) is 24.3 Å². The number of amides is 1. The first-order valence-electron chi connectivity index (χ1n) is 6.94. The standard InChI is InChI=1S/C14H19N3O6/c1-23-9-7-11(14(19)20)16-13(18)6-8-15-10-4-2-3-5-12(10)17(21)22/h2-5,11,15H,6-9H2,1H3,(H,16,18)(H,19,20). The Kier molecular flexibility index (Phi) is 7.48. The number of nitro groups is 1. The van der Waals surface area contributed by atoms with Gasteiger partial charge >= 0.3 is 5.97 Å². The Morgan fingerprint density at radius 1 is 1.39 bits per heavy atom. The molecule has 9 heteroatoms. The van der Waals surface area contributed by atoms with Gasteiger partial charge in [0.2, 0.25) is 5.91 Å². The summed E-state index contributed by atoms with van der Waals surface area (Å²) in [6.45, 7) is 0.360. The monoisotopic (exact) mass is 325 g/mol. The largest absolute Gasteiger partial charge is 0.480 e. The van der Waals surface area contributed by atoms with Crippen LogP contribution in [0, 0.1) is 10.1 Å². The lowest BCUT2D eigenvalue weighted by atomic mass is 10.2. The number of carboxylic acids is 1. The molecule has 1 aromatic rings. The van der Waals surface area contributed by atoms with Gasteiger partial charge in [-0.25, -0.2) is 4.79 Å². The van der Waals surface area contributed by atoms with Gasteiger partial charge in [-0.3, -0.25) is 14.9 Å². The van der Waals surface area contributed by atoms with E-state index in [1.165, 1.54) is 19.2 Å². The van der Waals surface area contributed by atoms with Crippen molar-refractivity contribution in [1.29, 1.82) is 0 Å². The van der Waals surface area contributed by atoms with Crippen LogP contribution >= 0.6 is 0 Å². The van der Waals surface area contributed by atoms with Gasteiger partial charge in [0, 0.05) is 39.2 Å². The number of carboxylic acid groups (broad SMARTS) is 1. The van der Waals surface area contributed by atoms with Gasteiger partial charge in [-0.15, -0.1) is 0 Å². The Bertz CT molecular complexity index is 563. The number of nitrogens with one attached hydrogen (secondary N) is 2. The van der Waals surface area contributed by atoms with Crippen molar-refractivity contribution in [2.45, 2.75) is 18.9 Å². The van der Waals surface area contributed by atoms with Gasteiger partial charge in [0.25, 0.3) is 5.69 Å². The van der Waals surface area contributed by atoms with Crippen molar-refractivity contribution in [2.75, 3.05) is 25.6 Å². The summed E-state index contributed by atoms with van der Waals surface area (Å²) in [6.07, 6.45) is 0.151. The fourth-order valence-electron chi connectivity index (χ4n) is 1.85. The molecular formula is C14H19N3O6. The topological polar surface area (TPSA) is 131 Å². The molecule has 0 aliphatic carbocycles. The minimum Gasteiger partial charge on any atom is -0.480 e. The summed E-state index contributed by atoms with van der Waals surface area (Å²) in [5.41, 5.74) is 0.218. The van der Waals surface area contributed by atoms with E-state index < -0.39 is 22.8 Å². The highest BCUT2D eigenvalue weighted by molar-refractivity contribution is 5.83. The second-order valence-electron chi connectivity index (χ2n) is 4.69. The number of aliphatic carboxylic acids is 1. The zero-order valence-corrected chi connectivity index (χ0v) is 12.7. The number of benzene rings is 1. The number of nitrogens with zero attached hydrogens (tertiary/aromatic N) is 1. The number of para-hydroxylation sites is 2. The highest BCUT2D eigenvalue weighted by atomic mass is 16.6. The molecule has 0 aliphatic heterocycles. The molecule has 1 atom stereocenters. The lowest BCUT2D eigenvalue weighted by molar-refractivity contribution is -0.384. The fourth-order valence-corrected chi connectivity index (χ4v) is 1.85. The SMILES string of the molecule is COCCC(NC(=O)CCNc1ccccc1[N+](=O)[O-])C(=O)O.